The summed E-state index contributed by atoms with van der Waals surface area (Å²) < 4.78 is 1.62. The molecular formula is C19H25N5O2. The van der Waals surface area contributed by atoms with Gasteiger partial charge in [0.25, 0.3) is 5.91 Å². The van der Waals surface area contributed by atoms with E-state index < -0.39 is 5.54 Å². The molecule has 1 atom stereocenters. The highest BCUT2D eigenvalue weighted by Gasteiger charge is 2.47. The lowest BCUT2D eigenvalue weighted by Gasteiger charge is -2.34. The highest BCUT2D eigenvalue weighted by Crippen LogP contribution is 2.32. The van der Waals surface area contributed by atoms with Crippen molar-refractivity contribution >= 4 is 17.5 Å². The van der Waals surface area contributed by atoms with Crippen molar-refractivity contribution in [3.05, 3.63) is 29.7 Å². The van der Waals surface area contributed by atoms with E-state index in [0.717, 1.165) is 37.7 Å². The molecule has 2 fully saturated rings. The molecule has 7 nitrogen and oxygen atoms in total. The third kappa shape index (κ3) is 2.75. The van der Waals surface area contributed by atoms with Crippen molar-refractivity contribution in [2.75, 3.05) is 6.54 Å². The Labute approximate surface area is 152 Å². The summed E-state index contributed by atoms with van der Waals surface area (Å²) in [4.78, 5) is 32.3. The van der Waals surface area contributed by atoms with Crippen LogP contribution in [-0.2, 0) is 4.79 Å². The fourth-order valence-corrected chi connectivity index (χ4v) is 4.20. The van der Waals surface area contributed by atoms with Crippen LogP contribution in [0.4, 0.5) is 0 Å². The molecule has 1 aliphatic heterocycles. The number of carbonyl (C=O) groups excluding carboxylic acids is 2. The molecule has 7 heteroatoms. The van der Waals surface area contributed by atoms with Crippen molar-refractivity contribution < 1.29 is 9.59 Å². The van der Waals surface area contributed by atoms with Crippen molar-refractivity contribution in [1.29, 1.82) is 0 Å². The summed E-state index contributed by atoms with van der Waals surface area (Å²) in [5.41, 5.74) is 1.15. The van der Waals surface area contributed by atoms with Crippen LogP contribution in [0.25, 0.3) is 5.65 Å². The second-order valence-electron chi connectivity index (χ2n) is 7.75. The van der Waals surface area contributed by atoms with Crippen molar-refractivity contribution in [1.82, 2.24) is 24.8 Å². The zero-order valence-corrected chi connectivity index (χ0v) is 15.4. The molecule has 4 rings (SSSR count). The number of carbonyl (C=O) groups is 2. The first kappa shape index (κ1) is 17.0. The Bertz CT molecular complexity index is 855. The van der Waals surface area contributed by atoms with Gasteiger partial charge in [0.2, 0.25) is 5.91 Å². The van der Waals surface area contributed by atoms with Crippen LogP contribution in [0.5, 0.6) is 0 Å². The maximum absolute atomic E-state index is 13.2. The molecule has 2 aromatic heterocycles. The molecular weight excluding hydrogens is 330 g/mol. The predicted octanol–water partition coefficient (Wildman–Crippen LogP) is 2.09. The smallest absolute Gasteiger partial charge is 0.260 e. The van der Waals surface area contributed by atoms with Gasteiger partial charge in [-0.1, -0.05) is 12.8 Å². The Balaban J connectivity index is 1.60. The maximum Gasteiger partial charge on any atom is 0.260 e. The van der Waals surface area contributed by atoms with Crippen LogP contribution in [0.2, 0.25) is 0 Å². The van der Waals surface area contributed by atoms with E-state index in [4.69, 9.17) is 0 Å². The molecule has 0 spiro atoms. The van der Waals surface area contributed by atoms with Gasteiger partial charge < -0.3 is 10.2 Å². The van der Waals surface area contributed by atoms with Crippen LogP contribution in [-0.4, -0.2) is 49.4 Å². The van der Waals surface area contributed by atoms with Crippen molar-refractivity contribution in [3.8, 4) is 0 Å². The maximum atomic E-state index is 13.2. The molecule has 0 bridgehead atoms. The molecule has 0 aromatic carbocycles. The fraction of sp³-hybridized carbons (Fsp3) is 0.579. The quantitative estimate of drug-likeness (QED) is 0.914. The average molecular weight is 355 g/mol. The summed E-state index contributed by atoms with van der Waals surface area (Å²) in [6, 6.07) is 0.249. The molecule has 2 aromatic rings. The first-order chi connectivity index (χ1) is 12.5. The molecule has 2 amide bonds. The van der Waals surface area contributed by atoms with E-state index in [-0.39, 0.29) is 17.9 Å². The Morgan fingerprint density at radius 2 is 2.00 bits per heavy atom. The summed E-state index contributed by atoms with van der Waals surface area (Å²) in [7, 11) is 0. The number of nitrogens with one attached hydrogen (secondary N) is 1. The second-order valence-corrected chi connectivity index (χ2v) is 7.75. The third-order valence-electron chi connectivity index (χ3n) is 5.78. The molecule has 0 radical (unpaired) electrons. The number of aromatic nitrogens is 3. The van der Waals surface area contributed by atoms with Gasteiger partial charge >= 0.3 is 0 Å². The van der Waals surface area contributed by atoms with E-state index in [0.29, 0.717) is 24.2 Å². The number of rotatable bonds is 3. The SMILES string of the molecule is Cc1cnc2c(C(=O)N3CCC[C@@]3(C)C(=O)NC3CCCC3)cnn2c1. The Morgan fingerprint density at radius 3 is 2.77 bits per heavy atom. The van der Waals surface area contributed by atoms with Gasteiger partial charge in [-0.15, -0.1) is 0 Å². The van der Waals surface area contributed by atoms with E-state index in [1.807, 2.05) is 20.0 Å². The topological polar surface area (TPSA) is 79.6 Å². The molecule has 1 N–H and O–H groups in total. The molecule has 1 saturated carbocycles. The normalized spacial score (nSPS) is 23.7. The lowest BCUT2D eigenvalue weighted by atomic mass is 9.96. The van der Waals surface area contributed by atoms with E-state index in [1.165, 1.54) is 0 Å². The van der Waals surface area contributed by atoms with Gasteiger partial charge in [0.1, 0.15) is 11.1 Å². The highest BCUT2D eigenvalue weighted by atomic mass is 16.2. The zero-order chi connectivity index (χ0) is 18.3. The molecule has 2 aliphatic rings. The van der Waals surface area contributed by atoms with Crippen LogP contribution in [0.1, 0.15) is 61.4 Å². The summed E-state index contributed by atoms with van der Waals surface area (Å²) in [5.74, 6) is -0.201. The Hall–Kier alpha value is -2.44. The van der Waals surface area contributed by atoms with Gasteiger partial charge in [-0.05, 0) is 45.1 Å². The minimum atomic E-state index is -0.807. The van der Waals surface area contributed by atoms with Crippen LogP contribution in [0, 0.1) is 6.92 Å². The van der Waals surface area contributed by atoms with Gasteiger partial charge in [0.15, 0.2) is 5.65 Å². The van der Waals surface area contributed by atoms with E-state index in [1.54, 1.807) is 21.8 Å². The number of aryl methyl sites for hydroxylation is 1. The number of nitrogens with zero attached hydrogens (tertiary/aromatic N) is 4. The molecule has 26 heavy (non-hydrogen) atoms. The minimum Gasteiger partial charge on any atom is -0.351 e. The molecule has 1 saturated heterocycles. The van der Waals surface area contributed by atoms with Crippen LogP contribution in [0.3, 0.4) is 0 Å². The first-order valence-corrected chi connectivity index (χ1v) is 9.42. The van der Waals surface area contributed by atoms with E-state index in [9.17, 15) is 9.59 Å². The lowest BCUT2D eigenvalue weighted by Crippen LogP contribution is -2.56. The average Bonchev–Trinajstić information content (AvgIpc) is 3.34. The number of hydrogen-bond acceptors (Lipinski definition) is 4. The minimum absolute atomic E-state index is 0.0319. The van der Waals surface area contributed by atoms with Gasteiger partial charge in [0, 0.05) is 25.0 Å². The van der Waals surface area contributed by atoms with E-state index in [2.05, 4.69) is 15.4 Å². The fourth-order valence-electron chi connectivity index (χ4n) is 4.20. The third-order valence-corrected chi connectivity index (χ3v) is 5.78. The zero-order valence-electron chi connectivity index (χ0n) is 15.4. The lowest BCUT2D eigenvalue weighted by molar-refractivity contribution is -0.130. The number of hydrogen-bond donors (Lipinski definition) is 1. The first-order valence-electron chi connectivity index (χ1n) is 9.42. The van der Waals surface area contributed by atoms with Gasteiger partial charge in [0.05, 0.1) is 6.20 Å². The van der Waals surface area contributed by atoms with Crippen molar-refractivity contribution in [3.63, 3.8) is 0 Å². The highest BCUT2D eigenvalue weighted by molar-refractivity contribution is 6.03. The van der Waals surface area contributed by atoms with Crippen LogP contribution in [0.15, 0.2) is 18.6 Å². The summed E-state index contributed by atoms with van der Waals surface area (Å²) in [6.45, 7) is 4.39. The van der Waals surface area contributed by atoms with Gasteiger partial charge in [-0.3, -0.25) is 9.59 Å². The number of amides is 2. The molecule has 3 heterocycles. The van der Waals surface area contributed by atoms with Crippen molar-refractivity contribution in [2.24, 2.45) is 0 Å². The van der Waals surface area contributed by atoms with Gasteiger partial charge in [-0.2, -0.15) is 5.10 Å². The molecule has 0 unspecified atom stereocenters. The largest absolute Gasteiger partial charge is 0.351 e. The van der Waals surface area contributed by atoms with E-state index >= 15 is 0 Å². The number of fused-ring (bicyclic) bond motifs is 1. The number of likely N-dealkylation sites (tertiary alicyclic amines) is 1. The summed E-state index contributed by atoms with van der Waals surface area (Å²) in [6.07, 6.45) is 11.0. The van der Waals surface area contributed by atoms with Crippen molar-refractivity contribution in [2.45, 2.75) is 64.0 Å². The summed E-state index contributed by atoms with van der Waals surface area (Å²) >= 11 is 0. The Morgan fingerprint density at radius 1 is 1.23 bits per heavy atom. The second kappa shape index (κ2) is 6.37. The predicted molar refractivity (Wildman–Crippen MR) is 96.8 cm³/mol. The standard InChI is InChI=1S/C19H25N5O2/c1-13-10-20-16-15(11-21-24(16)12-13)17(25)23-9-5-8-19(23,2)18(26)22-14-6-3-4-7-14/h10-12,14H,3-9H2,1-2H3,(H,22,26)/t19-/m0/s1. The molecule has 1 aliphatic carbocycles. The summed E-state index contributed by atoms with van der Waals surface area (Å²) in [5, 5.41) is 7.42. The Kier molecular flexibility index (Phi) is 4.17. The van der Waals surface area contributed by atoms with Crippen LogP contribution < -0.4 is 5.32 Å². The molecule has 138 valence electrons. The van der Waals surface area contributed by atoms with Crippen LogP contribution >= 0.6 is 0 Å². The van der Waals surface area contributed by atoms with Gasteiger partial charge in [-0.25, -0.2) is 9.50 Å². The monoisotopic (exact) mass is 355 g/mol.